The van der Waals surface area contributed by atoms with Crippen LogP contribution in [0.25, 0.3) is 11.1 Å². The number of rotatable bonds is 4. The second-order valence-corrected chi connectivity index (χ2v) is 5.36. The van der Waals surface area contributed by atoms with Crippen molar-refractivity contribution >= 4 is 5.97 Å². The summed E-state index contributed by atoms with van der Waals surface area (Å²) in [7, 11) is 1.52. The largest absolute Gasteiger partial charge is 0.496 e. The Hall–Kier alpha value is -2.36. The van der Waals surface area contributed by atoms with Crippen molar-refractivity contribution in [1.29, 1.82) is 0 Å². The quantitative estimate of drug-likeness (QED) is 0.929. The van der Waals surface area contributed by atoms with Gasteiger partial charge in [-0.05, 0) is 49.2 Å². The second-order valence-electron chi connectivity index (χ2n) is 5.36. The molecule has 2 aromatic carbocycles. The summed E-state index contributed by atoms with van der Waals surface area (Å²) in [5.41, 5.74) is 0.953. The number of aliphatic carboxylic acids is 1. The molecule has 0 amide bonds. The van der Waals surface area contributed by atoms with Gasteiger partial charge in [-0.3, -0.25) is 4.79 Å². The van der Waals surface area contributed by atoms with Gasteiger partial charge in [-0.15, -0.1) is 0 Å². The van der Waals surface area contributed by atoms with Gasteiger partial charge in [0.1, 0.15) is 11.6 Å². The molecule has 0 radical (unpaired) electrons. The van der Waals surface area contributed by atoms with Gasteiger partial charge in [0.2, 0.25) is 0 Å². The average Bonchev–Trinajstić information content (AvgIpc) is 2.47. The lowest BCUT2D eigenvalue weighted by atomic mass is 9.83. The zero-order valence-electron chi connectivity index (χ0n) is 12.2. The molecule has 4 heteroatoms. The van der Waals surface area contributed by atoms with Gasteiger partial charge in [-0.25, -0.2) is 4.39 Å². The molecule has 0 unspecified atom stereocenters. The monoisotopic (exact) mass is 288 g/mol. The fourth-order valence-corrected chi connectivity index (χ4v) is 2.10. The maximum absolute atomic E-state index is 13.5. The topological polar surface area (TPSA) is 46.5 Å². The molecular weight excluding hydrogens is 271 g/mol. The zero-order chi connectivity index (χ0) is 15.6. The minimum absolute atomic E-state index is 0.367. The molecule has 0 bridgehead atoms. The van der Waals surface area contributed by atoms with E-state index in [0.717, 1.165) is 5.56 Å². The summed E-state index contributed by atoms with van der Waals surface area (Å²) >= 11 is 0. The van der Waals surface area contributed by atoms with E-state index < -0.39 is 11.4 Å². The molecule has 0 atom stereocenters. The summed E-state index contributed by atoms with van der Waals surface area (Å²) in [5.74, 6) is -0.735. The average molecular weight is 288 g/mol. The molecule has 0 fully saturated rings. The van der Waals surface area contributed by atoms with E-state index >= 15 is 0 Å². The minimum atomic E-state index is -1.02. The Morgan fingerprint density at radius 2 is 1.90 bits per heavy atom. The summed E-state index contributed by atoms with van der Waals surface area (Å²) in [6.45, 7) is 3.27. The Morgan fingerprint density at radius 3 is 2.52 bits per heavy atom. The molecule has 0 spiro atoms. The van der Waals surface area contributed by atoms with E-state index in [-0.39, 0.29) is 5.82 Å². The summed E-state index contributed by atoms with van der Waals surface area (Å²) in [6.07, 6.45) is 0. The van der Waals surface area contributed by atoms with E-state index in [0.29, 0.717) is 16.9 Å². The van der Waals surface area contributed by atoms with Crippen LogP contribution in [0.15, 0.2) is 42.5 Å². The van der Waals surface area contributed by atoms with Crippen LogP contribution >= 0.6 is 0 Å². The van der Waals surface area contributed by atoms with E-state index in [1.165, 1.54) is 19.2 Å². The van der Waals surface area contributed by atoms with Crippen LogP contribution in [-0.2, 0) is 10.2 Å². The molecule has 0 aromatic heterocycles. The molecule has 1 N–H and O–H groups in total. The number of carboxylic acids is 1. The highest BCUT2D eigenvalue weighted by Crippen LogP contribution is 2.33. The Balaban J connectivity index is 2.57. The summed E-state index contributed by atoms with van der Waals surface area (Å²) < 4.78 is 18.7. The van der Waals surface area contributed by atoms with Crippen molar-refractivity contribution in [2.45, 2.75) is 19.3 Å². The maximum Gasteiger partial charge on any atom is 0.313 e. The molecule has 0 saturated carbocycles. The van der Waals surface area contributed by atoms with Crippen molar-refractivity contribution in [2.24, 2.45) is 0 Å². The third kappa shape index (κ3) is 2.89. The van der Waals surface area contributed by atoms with E-state index in [4.69, 9.17) is 4.74 Å². The molecule has 0 heterocycles. The Morgan fingerprint density at radius 1 is 1.19 bits per heavy atom. The van der Waals surface area contributed by atoms with Crippen molar-refractivity contribution in [3.05, 3.63) is 53.8 Å². The fourth-order valence-electron chi connectivity index (χ4n) is 2.10. The van der Waals surface area contributed by atoms with Crippen LogP contribution in [0.1, 0.15) is 19.4 Å². The number of hydrogen-bond donors (Lipinski definition) is 1. The highest BCUT2D eigenvalue weighted by atomic mass is 19.1. The zero-order valence-corrected chi connectivity index (χ0v) is 12.2. The normalized spacial score (nSPS) is 11.2. The van der Waals surface area contributed by atoms with Crippen molar-refractivity contribution in [2.75, 3.05) is 7.11 Å². The second kappa shape index (κ2) is 5.56. The molecule has 2 aromatic rings. The van der Waals surface area contributed by atoms with Gasteiger partial charge < -0.3 is 9.84 Å². The maximum atomic E-state index is 13.5. The predicted octanol–water partition coefficient (Wildman–Crippen LogP) is 3.86. The predicted molar refractivity (Wildman–Crippen MR) is 79.0 cm³/mol. The number of benzene rings is 2. The summed E-state index contributed by atoms with van der Waals surface area (Å²) in [6, 6.07) is 11.3. The lowest BCUT2D eigenvalue weighted by Crippen LogP contribution is -2.28. The van der Waals surface area contributed by atoms with Crippen molar-refractivity contribution in [3.8, 4) is 16.9 Å². The van der Waals surface area contributed by atoms with Crippen LogP contribution in [0, 0.1) is 5.82 Å². The van der Waals surface area contributed by atoms with Gasteiger partial charge in [0.05, 0.1) is 12.5 Å². The number of hydrogen-bond acceptors (Lipinski definition) is 2. The lowest BCUT2D eigenvalue weighted by Gasteiger charge is -2.20. The van der Waals surface area contributed by atoms with Crippen LogP contribution < -0.4 is 4.74 Å². The third-order valence-electron chi connectivity index (χ3n) is 3.59. The standard InChI is InChI=1S/C17H17FO3/c1-17(2,16(19)20)12-6-4-5-11(9-12)14-10-13(18)7-8-15(14)21-3/h4-10H,1-3H3,(H,19,20). The summed E-state index contributed by atoms with van der Waals surface area (Å²) in [5, 5.41) is 9.32. The lowest BCUT2D eigenvalue weighted by molar-refractivity contribution is -0.142. The van der Waals surface area contributed by atoms with Crippen LogP contribution in [0.3, 0.4) is 0 Å². The number of carbonyl (C=O) groups is 1. The third-order valence-corrected chi connectivity index (χ3v) is 3.59. The number of ether oxygens (including phenoxy) is 1. The molecule has 0 saturated heterocycles. The van der Waals surface area contributed by atoms with Gasteiger partial charge in [-0.1, -0.05) is 18.2 Å². The number of halogens is 1. The van der Waals surface area contributed by atoms with Crippen LogP contribution in [-0.4, -0.2) is 18.2 Å². The first-order valence-corrected chi connectivity index (χ1v) is 6.54. The molecule has 110 valence electrons. The first-order chi connectivity index (χ1) is 9.86. The number of methoxy groups -OCH3 is 1. The Kier molecular flexibility index (Phi) is 3.98. The smallest absolute Gasteiger partial charge is 0.313 e. The van der Waals surface area contributed by atoms with Gasteiger partial charge in [-0.2, -0.15) is 0 Å². The van der Waals surface area contributed by atoms with Crippen molar-refractivity contribution < 1.29 is 19.0 Å². The molecule has 0 aliphatic rings. The van der Waals surface area contributed by atoms with E-state index in [1.54, 1.807) is 44.2 Å². The summed E-state index contributed by atoms with van der Waals surface area (Å²) in [4.78, 5) is 11.4. The minimum Gasteiger partial charge on any atom is -0.496 e. The van der Waals surface area contributed by atoms with E-state index in [2.05, 4.69) is 0 Å². The first-order valence-electron chi connectivity index (χ1n) is 6.54. The van der Waals surface area contributed by atoms with Gasteiger partial charge >= 0.3 is 5.97 Å². The highest BCUT2D eigenvalue weighted by molar-refractivity contribution is 5.81. The number of carboxylic acid groups (broad SMARTS) is 1. The molecule has 21 heavy (non-hydrogen) atoms. The van der Waals surface area contributed by atoms with E-state index in [9.17, 15) is 14.3 Å². The highest BCUT2D eigenvalue weighted by Gasteiger charge is 2.29. The fraction of sp³-hybridized carbons (Fsp3) is 0.235. The molecule has 0 aliphatic carbocycles. The van der Waals surface area contributed by atoms with Gasteiger partial charge in [0.15, 0.2) is 0 Å². The van der Waals surface area contributed by atoms with Crippen LogP contribution in [0.4, 0.5) is 4.39 Å². The molecule has 2 rings (SSSR count). The van der Waals surface area contributed by atoms with Crippen molar-refractivity contribution in [3.63, 3.8) is 0 Å². The molecule has 0 aliphatic heterocycles. The van der Waals surface area contributed by atoms with Gasteiger partial charge in [0.25, 0.3) is 0 Å². The van der Waals surface area contributed by atoms with Crippen molar-refractivity contribution in [1.82, 2.24) is 0 Å². The Bertz CT molecular complexity index is 677. The Labute approximate surface area is 123 Å². The molecule has 3 nitrogen and oxygen atoms in total. The van der Waals surface area contributed by atoms with Crippen LogP contribution in [0.5, 0.6) is 5.75 Å². The van der Waals surface area contributed by atoms with Gasteiger partial charge in [0, 0.05) is 5.56 Å². The molecular formula is C17H17FO3. The van der Waals surface area contributed by atoms with E-state index in [1.807, 2.05) is 0 Å². The first kappa shape index (κ1) is 15.0. The SMILES string of the molecule is COc1ccc(F)cc1-c1cccc(C(C)(C)C(=O)O)c1. The van der Waals surface area contributed by atoms with Crippen LogP contribution in [0.2, 0.25) is 0 Å².